The van der Waals surface area contributed by atoms with Crippen molar-refractivity contribution < 1.29 is 0 Å². The van der Waals surface area contributed by atoms with Gasteiger partial charge in [0, 0.05) is 29.7 Å². The van der Waals surface area contributed by atoms with Gasteiger partial charge >= 0.3 is 0 Å². The third kappa shape index (κ3) is 4.26. The second-order valence-electron chi connectivity index (χ2n) is 4.66. The number of rotatable bonds is 3. The average molecular weight is 308 g/mol. The van der Waals surface area contributed by atoms with Crippen molar-refractivity contribution in [3.05, 3.63) is 70.8 Å². The van der Waals surface area contributed by atoms with Crippen LogP contribution in [0.5, 0.6) is 0 Å². The number of aryl methyl sites for hydroxylation is 1. The molecule has 5 nitrogen and oxygen atoms in total. The van der Waals surface area contributed by atoms with Gasteiger partial charge in [-0.15, -0.1) is 0 Å². The van der Waals surface area contributed by atoms with Crippen molar-refractivity contribution >= 4 is 11.6 Å². The predicted octanol–water partition coefficient (Wildman–Crippen LogP) is 3.91. The van der Waals surface area contributed by atoms with Crippen molar-refractivity contribution in [1.29, 1.82) is 0 Å². The molecule has 0 saturated carbocycles. The molecule has 0 amide bonds. The van der Waals surface area contributed by atoms with Crippen molar-refractivity contribution in [2.75, 3.05) is 5.32 Å². The first-order chi connectivity index (χ1) is 11.2. The topological polar surface area (TPSA) is 70.7 Å². The van der Waals surface area contributed by atoms with Crippen molar-refractivity contribution in [3.63, 3.8) is 0 Å². The summed E-state index contributed by atoms with van der Waals surface area (Å²) < 4.78 is 0. The van der Waals surface area contributed by atoms with Crippen LogP contribution in [0, 0.1) is 6.92 Å². The number of anilines is 2. The fourth-order valence-electron chi connectivity index (χ4n) is 2.02. The highest BCUT2D eigenvalue weighted by atomic mass is 16.1. The van der Waals surface area contributed by atoms with Gasteiger partial charge < -0.3 is 5.32 Å². The quantitative estimate of drug-likeness (QED) is 0.769. The van der Waals surface area contributed by atoms with E-state index in [1.165, 1.54) is 6.07 Å². The zero-order chi connectivity index (χ0) is 16.7. The lowest BCUT2D eigenvalue weighted by Gasteiger charge is -2.09. The van der Waals surface area contributed by atoms with Crippen LogP contribution in [0.4, 0.5) is 11.6 Å². The SMILES string of the molecule is CC.Cc1ccccc1Nc1nc(-c2cccnc2)cc(=O)[nH]1. The van der Waals surface area contributed by atoms with Crippen LogP contribution >= 0.6 is 0 Å². The zero-order valence-electron chi connectivity index (χ0n) is 13.5. The van der Waals surface area contributed by atoms with Gasteiger partial charge in [0.1, 0.15) is 0 Å². The van der Waals surface area contributed by atoms with Crippen LogP contribution in [0.25, 0.3) is 11.3 Å². The summed E-state index contributed by atoms with van der Waals surface area (Å²) in [5, 5.41) is 3.14. The van der Waals surface area contributed by atoms with E-state index in [1.54, 1.807) is 12.4 Å². The summed E-state index contributed by atoms with van der Waals surface area (Å²) in [7, 11) is 0. The molecular formula is C18H20N4O. The van der Waals surface area contributed by atoms with E-state index in [0.717, 1.165) is 16.8 Å². The Morgan fingerprint density at radius 2 is 1.87 bits per heavy atom. The van der Waals surface area contributed by atoms with Crippen LogP contribution < -0.4 is 10.9 Å². The van der Waals surface area contributed by atoms with Crippen LogP contribution in [0.2, 0.25) is 0 Å². The molecule has 0 unspecified atom stereocenters. The maximum absolute atomic E-state index is 11.8. The highest BCUT2D eigenvalue weighted by Gasteiger charge is 2.05. The highest BCUT2D eigenvalue weighted by Crippen LogP contribution is 2.19. The Morgan fingerprint density at radius 3 is 2.57 bits per heavy atom. The van der Waals surface area contributed by atoms with Gasteiger partial charge in [0.2, 0.25) is 5.95 Å². The van der Waals surface area contributed by atoms with E-state index in [9.17, 15) is 4.79 Å². The molecule has 0 fully saturated rings. The lowest BCUT2D eigenvalue weighted by atomic mass is 10.2. The zero-order valence-corrected chi connectivity index (χ0v) is 13.5. The summed E-state index contributed by atoms with van der Waals surface area (Å²) in [6, 6.07) is 13.0. The molecule has 3 aromatic rings. The molecular weight excluding hydrogens is 288 g/mol. The molecule has 0 aliphatic carbocycles. The largest absolute Gasteiger partial charge is 0.325 e. The van der Waals surface area contributed by atoms with E-state index in [0.29, 0.717) is 11.6 Å². The second kappa shape index (κ2) is 7.89. The number of aromatic nitrogens is 3. The number of aromatic amines is 1. The summed E-state index contributed by atoms with van der Waals surface area (Å²) in [5.41, 5.74) is 3.16. The summed E-state index contributed by atoms with van der Waals surface area (Å²) in [5.74, 6) is 0.413. The maximum Gasteiger partial charge on any atom is 0.252 e. The molecule has 0 bridgehead atoms. The van der Waals surface area contributed by atoms with E-state index in [1.807, 2.05) is 57.2 Å². The van der Waals surface area contributed by atoms with E-state index < -0.39 is 0 Å². The molecule has 3 rings (SSSR count). The van der Waals surface area contributed by atoms with Crippen LogP contribution in [-0.4, -0.2) is 15.0 Å². The standard InChI is InChI=1S/C16H14N4O.C2H6/c1-11-5-2-3-7-13(11)18-16-19-14(9-15(21)20-16)12-6-4-8-17-10-12;1-2/h2-10H,1H3,(H2,18,19,20,21);1-2H3. The Kier molecular flexibility index (Phi) is 5.63. The van der Waals surface area contributed by atoms with E-state index >= 15 is 0 Å². The molecule has 0 atom stereocenters. The third-order valence-electron chi connectivity index (χ3n) is 3.10. The van der Waals surface area contributed by atoms with Crippen molar-refractivity contribution in [3.8, 4) is 11.3 Å². The minimum atomic E-state index is -0.208. The predicted molar refractivity (Wildman–Crippen MR) is 93.9 cm³/mol. The number of nitrogens with zero attached hydrogens (tertiary/aromatic N) is 2. The monoisotopic (exact) mass is 308 g/mol. The number of pyridine rings is 1. The summed E-state index contributed by atoms with van der Waals surface area (Å²) in [6.07, 6.45) is 3.36. The molecule has 118 valence electrons. The Hall–Kier alpha value is -2.95. The van der Waals surface area contributed by atoms with Crippen molar-refractivity contribution in [1.82, 2.24) is 15.0 Å². The van der Waals surface area contributed by atoms with E-state index in [2.05, 4.69) is 20.3 Å². The van der Waals surface area contributed by atoms with E-state index in [4.69, 9.17) is 0 Å². The maximum atomic E-state index is 11.8. The van der Waals surface area contributed by atoms with Gasteiger partial charge in [-0.2, -0.15) is 0 Å². The molecule has 0 aliphatic heterocycles. The van der Waals surface area contributed by atoms with Crippen LogP contribution in [0.3, 0.4) is 0 Å². The van der Waals surface area contributed by atoms with Gasteiger partial charge in [-0.05, 0) is 30.7 Å². The van der Waals surface area contributed by atoms with Gasteiger partial charge in [-0.1, -0.05) is 32.0 Å². The highest BCUT2D eigenvalue weighted by molar-refractivity contribution is 5.62. The lowest BCUT2D eigenvalue weighted by molar-refractivity contribution is 1.12. The van der Waals surface area contributed by atoms with Crippen LogP contribution in [0.1, 0.15) is 19.4 Å². The molecule has 0 saturated heterocycles. The molecule has 2 aromatic heterocycles. The Morgan fingerprint density at radius 1 is 1.09 bits per heavy atom. The van der Waals surface area contributed by atoms with Gasteiger partial charge in [0.15, 0.2) is 0 Å². The molecule has 0 aliphatic rings. The minimum Gasteiger partial charge on any atom is -0.325 e. The molecule has 0 radical (unpaired) electrons. The average Bonchev–Trinajstić information content (AvgIpc) is 2.59. The van der Waals surface area contributed by atoms with Gasteiger partial charge in [-0.3, -0.25) is 14.8 Å². The Balaban J connectivity index is 0.000000924. The van der Waals surface area contributed by atoms with Gasteiger partial charge in [0.25, 0.3) is 5.56 Å². The number of hydrogen-bond acceptors (Lipinski definition) is 4. The summed E-state index contributed by atoms with van der Waals surface area (Å²) in [4.78, 5) is 23.0. The van der Waals surface area contributed by atoms with Crippen molar-refractivity contribution in [2.24, 2.45) is 0 Å². The van der Waals surface area contributed by atoms with Crippen molar-refractivity contribution in [2.45, 2.75) is 20.8 Å². The summed E-state index contributed by atoms with van der Waals surface area (Å²) >= 11 is 0. The van der Waals surface area contributed by atoms with Crippen LogP contribution in [0.15, 0.2) is 59.7 Å². The third-order valence-corrected chi connectivity index (χ3v) is 3.10. The second-order valence-corrected chi connectivity index (χ2v) is 4.66. The smallest absolute Gasteiger partial charge is 0.252 e. The minimum absolute atomic E-state index is 0.208. The first kappa shape index (κ1) is 16.4. The van der Waals surface area contributed by atoms with Crippen LogP contribution in [-0.2, 0) is 0 Å². The molecule has 1 aromatic carbocycles. The fraction of sp³-hybridized carbons (Fsp3) is 0.167. The molecule has 0 spiro atoms. The fourth-order valence-corrected chi connectivity index (χ4v) is 2.02. The number of para-hydroxylation sites is 1. The molecule has 23 heavy (non-hydrogen) atoms. The number of nitrogens with one attached hydrogen (secondary N) is 2. The van der Waals surface area contributed by atoms with Gasteiger partial charge in [0.05, 0.1) is 5.69 Å². The summed E-state index contributed by atoms with van der Waals surface area (Å²) in [6.45, 7) is 5.99. The molecule has 5 heteroatoms. The lowest BCUT2D eigenvalue weighted by Crippen LogP contribution is -2.10. The molecule has 2 N–H and O–H groups in total. The first-order valence-corrected chi connectivity index (χ1v) is 7.57. The number of benzene rings is 1. The number of H-pyrrole nitrogens is 1. The molecule has 2 heterocycles. The number of hydrogen-bond donors (Lipinski definition) is 2. The Labute approximate surface area is 135 Å². The van der Waals surface area contributed by atoms with E-state index in [-0.39, 0.29) is 5.56 Å². The first-order valence-electron chi connectivity index (χ1n) is 7.57. The Bertz CT molecular complexity index is 813. The normalized spacial score (nSPS) is 9.70. The van der Waals surface area contributed by atoms with Gasteiger partial charge in [-0.25, -0.2) is 4.98 Å².